The molecule has 2 amide bonds. The van der Waals surface area contributed by atoms with Crippen molar-refractivity contribution in [3.63, 3.8) is 0 Å². The fourth-order valence-electron chi connectivity index (χ4n) is 2.85. The zero-order valence-corrected chi connectivity index (χ0v) is 14.6. The number of hydrogen-bond donors (Lipinski definition) is 1. The second-order valence-corrected chi connectivity index (χ2v) is 6.87. The van der Waals surface area contributed by atoms with Gasteiger partial charge in [-0.25, -0.2) is 0 Å². The molecule has 1 aliphatic rings. The van der Waals surface area contributed by atoms with Crippen LogP contribution in [0, 0.1) is 0 Å². The summed E-state index contributed by atoms with van der Waals surface area (Å²) in [7, 11) is 0. The first-order valence-electron chi connectivity index (χ1n) is 8.13. The minimum Gasteiger partial charge on any atom is -0.489 e. The average Bonchev–Trinajstić information content (AvgIpc) is 2.97. The van der Waals surface area contributed by atoms with Crippen LogP contribution in [0.5, 0.6) is 5.75 Å². The lowest BCUT2D eigenvalue weighted by atomic mass is 10.1. The number of benzene rings is 3. The van der Waals surface area contributed by atoms with Gasteiger partial charge >= 0.3 is 0 Å². The molecule has 1 aliphatic heterocycles. The number of fused-ring (bicyclic) bond motifs is 1. The first-order chi connectivity index (χ1) is 12.7. The average molecular weight is 361 g/mol. The highest BCUT2D eigenvalue weighted by molar-refractivity contribution is 8.18. The molecule has 1 fully saturated rings. The van der Waals surface area contributed by atoms with Gasteiger partial charge in [0.1, 0.15) is 12.4 Å². The number of thioether (sulfide) groups is 1. The largest absolute Gasteiger partial charge is 0.489 e. The molecule has 0 radical (unpaired) electrons. The summed E-state index contributed by atoms with van der Waals surface area (Å²) in [4.78, 5) is 23.3. The van der Waals surface area contributed by atoms with Gasteiger partial charge in [-0.3, -0.25) is 14.9 Å². The number of ether oxygens (including phenoxy) is 1. The summed E-state index contributed by atoms with van der Waals surface area (Å²) < 4.78 is 5.95. The van der Waals surface area contributed by atoms with Gasteiger partial charge in [0.2, 0.25) is 0 Å². The van der Waals surface area contributed by atoms with Crippen molar-refractivity contribution in [1.29, 1.82) is 0 Å². The third-order valence-electron chi connectivity index (χ3n) is 4.07. The van der Waals surface area contributed by atoms with Crippen molar-refractivity contribution in [1.82, 2.24) is 5.32 Å². The van der Waals surface area contributed by atoms with Crippen LogP contribution in [0.4, 0.5) is 4.79 Å². The van der Waals surface area contributed by atoms with Crippen molar-refractivity contribution in [2.24, 2.45) is 0 Å². The summed E-state index contributed by atoms with van der Waals surface area (Å²) in [5.74, 6) is 0.351. The van der Waals surface area contributed by atoms with E-state index in [2.05, 4.69) is 29.6 Å². The van der Waals surface area contributed by atoms with Crippen LogP contribution < -0.4 is 10.1 Å². The molecule has 3 aromatic rings. The van der Waals surface area contributed by atoms with E-state index in [9.17, 15) is 9.59 Å². The van der Waals surface area contributed by atoms with E-state index in [0.29, 0.717) is 17.3 Å². The van der Waals surface area contributed by atoms with E-state index in [1.807, 2.05) is 42.5 Å². The third-order valence-corrected chi connectivity index (χ3v) is 4.88. The zero-order valence-electron chi connectivity index (χ0n) is 13.8. The number of hydrogen-bond acceptors (Lipinski definition) is 4. The molecular formula is C21H15NO3S. The van der Waals surface area contributed by atoms with E-state index in [4.69, 9.17) is 4.74 Å². The highest BCUT2D eigenvalue weighted by Crippen LogP contribution is 2.27. The summed E-state index contributed by atoms with van der Waals surface area (Å²) in [6.45, 7) is 0.453. The Morgan fingerprint density at radius 2 is 1.77 bits per heavy atom. The minimum absolute atomic E-state index is 0.343. The number of carbonyl (C=O) groups excluding carboxylic acids is 2. The lowest BCUT2D eigenvalue weighted by molar-refractivity contribution is -0.115. The predicted octanol–water partition coefficient (Wildman–Crippen LogP) is 4.74. The second kappa shape index (κ2) is 7.06. The molecule has 0 bridgehead atoms. The van der Waals surface area contributed by atoms with E-state index in [0.717, 1.165) is 22.9 Å². The van der Waals surface area contributed by atoms with Crippen LogP contribution in [0.3, 0.4) is 0 Å². The maximum Gasteiger partial charge on any atom is 0.290 e. The van der Waals surface area contributed by atoms with Crippen molar-refractivity contribution in [2.75, 3.05) is 0 Å². The van der Waals surface area contributed by atoms with Gasteiger partial charge < -0.3 is 4.74 Å². The fourth-order valence-corrected chi connectivity index (χ4v) is 3.53. The fraction of sp³-hybridized carbons (Fsp3) is 0.0476. The first-order valence-corrected chi connectivity index (χ1v) is 8.95. The quantitative estimate of drug-likeness (QED) is 0.682. The van der Waals surface area contributed by atoms with Gasteiger partial charge in [-0.2, -0.15) is 0 Å². The van der Waals surface area contributed by atoms with Crippen molar-refractivity contribution in [2.45, 2.75) is 6.61 Å². The van der Waals surface area contributed by atoms with Crippen LogP contribution in [-0.2, 0) is 11.4 Å². The van der Waals surface area contributed by atoms with Crippen molar-refractivity contribution >= 4 is 39.8 Å². The first kappa shape index (κ1) is 16.4. The van der Waals surface area contributed by atoms with Gasteiger partial charge in [0.25, 0.3) is 11.1 Å². The lowest BCUT2D eigenvalue weighted by Gasteiger charge is -2.09. The molecule has 0 unspecified atom stereocenters. The number of imide groups is 1. The van der Waals surface area contributed by atoms with Gasteiger partial charge in [0.15, 0.2) is 0 Å². The van der Waals surface area contributed by atoms with Crippen LogP contribution in [-0.4, -0.2) is 11.1 Å². The second-order valence-electron chi connectivity index (χ2n) is 5.85. The van der Waals surface area contributed by atoms with Gasteiger partial charge in [0, 0.05) is 0 Å². The number of carbonyl (C=O) groups is 2. The molecule has 0 aromatic heterocycles. The summed E-state index contributed by atoms with van der Waals surface area (Å²) in [6, 6.07) is 21.8. The molecule has 5 heteroatoms. The topological polar surface area (TPSA) is 55.4 Å². The summed E-state index contributed by atoms with van der Waals surface area (Å²) in [6.07, 6.45) is 1.69. The Morgan fingerprint density at radius 1 is 0.962 bits per heavy atom. The van der Waals surface area contributed by atoms with E-state index in [1.54, 1.807) is 6.08 Å². The predicted molar refractivity (Wildman–Crippen MR) is 104 cm³/mol. The highest BCUT2D eigenvalue weighted by Gasteiger charge is 2.24. The summed E-state index contributed by atoms with van der Waals surface area (Å²) in [5, 5.41) is 4.26. The Hall–Kier alpha value is -3.05. The van der Waals surface area contributed by atoms with E-state index in [-0.39, 0.29) is 11.1 Å². The highest BCUT2D eigenvalue weighted by atomic mass is 32.2. The normalized spacial score (nSPS) is 15.5. The van der Waals surface area contributed by atoms with Crippen LogP contribution >= 0.6 is 11.8 Å². The van der Waals surface area contributed by atoms with Crippen LogP contribution in [0.15, 0.2) is 71.6 Å². The molecule has 128 valence electrons. The molecule has 0 atom stereocenters. The van der Waals surface area contributed by atoms with Crippen LogP contribution in [0.1, 0.15) is 11.1 Å². The molecule has 4 nitrogen and oxygen atoms in total. The zero-order chi connectivity index (χ0) is 17.9. The van der Waals surface area contributed by atoms with Crippen molar-refractivity contribution in [3.8, 4) is 5.75 Å². The molecule has 3 aromatic carbocycles. The molecule has 1 saturated heterocycles. The number of rotatable bonds is 4. The molecule has 1 heterocycles. The minimum atomic E-state index is -0.359. The Balaban J connectivity index is 1.53. The Labute approximate surface area is 154 Å². The molecule has 0 aliphatic carbocycles. The van der Waals surface area contributed by atoms with Gasteiger partial charge in [0.05, 0.1) is 4.91 Å². The number of nitrogens with one attached hydrogen (secondary N) is 1. The molecule has 1 N–H and O–H groups in total. The molecule has 0 spiro atoms. The van der Waals surface area contributed by atoms with Crippen molar-refractivity contribution in [3.05, 3.63) is 82.8 Å². The van der Waals surface area contributed by atoms with E-state index >= 15 is 0 Å². The molecule has 0 saturated carbocycles. The third kappa shape index (κ3) is 3.48. The van der Waals surface area contributed by atoms with E-state index < -0.39 is 0 Å². The number of amides is 2. The molecule has 26 heavy (non-hydrogen) atoms. The maximum atomic E-state index is 11.7. The van der Waals surface area contributed by atoms with Gasteiger partial charge in [-0.1, -0.05) is 54.6 Å². The molecule has 4 rings (SSSR count). The van der Waals surface area contributed by atoms with Crippen LogP contribution in [0.25, 0.3) is 16.8 Å². The smallest absolute Gasteiger partial charge is 0.290 e. The van der Waals surface area contributed by atoms with Crippen LogP contribution in [0.2, 0.25) is 0 Å². The van der Waals surface area contributed by atoms with Crippen molar-refractivity contribution < 1.29 is 14.3 Å². The Bertz CT molecular complexity index is 1040. The summed E-state index contributed by atoms with van der Waals surface area (Å²) >= 11 is 0.907. The monoisotopic (exact) mass is 361 g/mol. The maximum absolute atomic E-state index is 11.7. The summed E-state index contributed by atoms with van der Waals surface area (Å²) in [5.41, 5.74) is 1.93. The Kier molecular flexibility index (Phi) is 4.46. The van der Waals surface area contributed by atoms with E-state index in [1.165, 1.54) is 10.8 Å². The molecular weight excluding hydrogens is 346 g/mol. The SMILES string of the molecule is O=C1NC(=O)/C(=C\c2cccc(OCc3cccc4ccccc34)c2)S1. The lowest BCUT2D eigenvalue weighted by Crippen LogP contribution is -2.17. The van der Waals surface area contributed by atoms with Gasteiger partial charge in [-0.05, 0) is 51.9 Å². The van der Waals surface area contributed by atoms with Gasteiger partial charge in [-0.15, -0.1) is 0 Å². The standard InChI is InChI=1S/C21H15NO3S/c23-20-19(26-21(24)22-20)12-14-5-3-9-17(11-14)25-13-16-8-4-7-15-6-1-2-10-18(15)16/h1-12H,13H2,(H,22,23,24)/b19-12+. The Morgan fingerprint density at radius 3 is 2.62 bits per heavy atom.